The van der Waals surface area contributed by atoms with Crippen LogP contribution in [0.4, 0.5) is 0 Å². The first kappa shape index (κ1) is 15.2. The second-order valence-electron chi connectivity index (χ2n) is 4.85. The molecular weight excluding hydrogens is 290 g/mol. The first-order chi connectivity index (χ1) is 9.90. The van der Waals surface area contributed by atoms with Crippen molar-refractivity contribution in [3.05, 3.63) is 58.6 Å². The highest BCUT2D eigenvalue weighted by atomic mass is 35.5. The Labute approximate surface area is 128 Å². The van der Waals surface area contributed by atoms with Crippen LogP contribution in [0.1, 0.15) is 28.9 Å². The highest BCUT2D eigenvalue weighted by Crippen LogP contribution is 2.27. The fourth-order valence-corrected chi connectivity index (χ4v) is 2.13. The van der Waals surface area contributed by atoms with Gasteiger partial charge in [0.15, 0.2) is 11.5 Å². The third-order valence-electron chi connectivity index (χ3n) is 3.48. The highest BCUT2D eigenvalue weighted by Gasteiger charge is 2.19. The van der Waals surface area contributed by atoms with E-state index in [9.17, 15) is 15.0 Å². The summed E-state index contributed by atoms with van der Waals surface area (Å²) in [5, 5.41) is 19.4. The Morgan fingerprint density at radius 1 is 1.10 bits per heavy atom. The first-order valence-corrected chi connectivity index (χ1v) is 6.82. The summed E-state index contributed by atoms with van der Waals surface area (Å²) in [5.41, 5.74) is 1.27. The van der Waals surface area contributed by atoms with Gasteiger partial charge in [0.2, 0.25) is 0 Å². The molecule has 1 amide bonds. The normalized spacial score (nSPS) is 12.0. The number of amides is 1. The zero-order valence-electron chi connectivity index (χ0n) is 11.7. The van der Waals surface area contributed by atoms with Crippen molar-refractivity contribution in [1.29, 1.82) is 0 Å². The average Bonchev–Trinajstić information content (AvgIpc) is 2.48. The molecule has 0 spiro atoms. The van der Waals surface area contributed by atoms with Crippen molar-refractivity contribution in [2.24, 2.45) is 0 Å². The number of phenols is 2. The van der Waals surface area contributed by atoms with Crippen LogP contribution >= 0.6 is 11.6 Å². The number of phenolic OH excluding ortho intramolecular Hbond substituents is 2. The lowest BCUT2D eigenvalue weighted by atomic mass is 10.1. The van der Waals surface area contributed by atoms with Crippen LogP contribution in [0.3, 0.4) is 0 Å². The maximum Gasteiger partial charge on any atom is 0.254 e. The summed E-state index contributed by atoms with van der Waals surface area (Å²) >= 11 is 5.85. The van der Waals surface area contributed by atoms with E-state index in [2.05, 4.69) is 0 Å². The van der Waals surface area contributed by atoms with Crippen LogP contribution in [0.5, 0.6) is 11.5 Å². The number of benzene rings is 2. The molecule has 2 rings (SSSR count). The summed E-state index contributed by atoms with van der Waals surface area (Å²) < 4.78 is 0. The molecular formula is C16H16ClNO3. The van der Waals surface area contributed by atoms with Gasteiger partial charge < -0.3 is 15.1 Å². The lowest BCUT2D eigenvalue weighted by Crippen LogP contribution is -2.29. The van der Waals surface area contributed by atoms with Gasteiger partial charge in [-0.15, -0.1) is 0 Å². The van der Waals surface area contributed by atoms with E-state index in [4.69, 9.17) is 11.6 Å². The molecule has 0 saturated heterocycles. The Hall–Kier alpha value is -2.20. The molecule has 0 saturated carbocycles. The fraction of sp³-hybridized carbons (Fsp3) is 0.188. The second kappa shape index (κ2) is 6.06. The van der Waals surface area contributed by atoms with Gasteiger partial charge in [-0.05, 0) is 42.8 Å². The van der Waals surface area contributed by atoms with Crippen LogP contribution in [0.15, 0.2) is 42.5 Å². The number of halogens is 1. The van der Waals surface area contributed by atoms with E-state index >= 15 is 0 Å². The van der Waals surface area contributed by atoms with Gasteiger partial charge in [-0.1, -0.05) is 23.7 Å². The van der Waals surface area contributed by atoms with Crippen molar-refractivity contribution in [1.82, 2.24) is 4.90 Å². The Bertz CT molecular complexity index is 655. The number of nitrogens with zero attached hydrogens (tertiary/aromatic N) is 1. The predicted molar refractivity (Wildman–Crippen MR) is 81.7 cm³/mol. The van der Waals surface area contributed by atoms with Crippen LogP contribution in [-0.4, -0.2) is 28.1 Å². The highest BCUT2D eigenvalue weighted by molar-refractivity contribution is 6.30. The molecule has 0 fully saturated rings. The maximum atomic E-state index is 12.4. The average molecular weight is 306 g/mol. The van der Waals surface area contributed by atoms with E-state index in [0.29, 0.717) is 10.6 Å². The van der Waals surface area contributed by atoms with Gasteiger partial charge in [-0.25, -0.2) is 0 Å². The van der Waals surface area contributed by atoms with Gasteiger partial charge in [0.25, 0.3) is 5.91 Å². The zero-order chi connectivity index (χ0) is 15.6. The van der Waals surface area contributed by atoms with Crippen LogP contribution in [0, 0.1) is 0 Å². The molecule has 4 nitrogen and oxygen atoms in total. The molecule has 21 heavy (non-hydrogen) atoms. The molecule has 0 aliphatic carbocycles. The fourth-order valence-electron chi connectivity index (χ4n) is 2.00. The Balaban J connectivity index is 2.21. The summed E-state index contributed by atoms with van der Waals surface area (Å²) in [4.78, 5) is 14.0. The van der Waals surface area contributed by atoms with Crippen LogP contribution in [0.25, 0.3) is 0 Å². The summed E-state index contributed by atoms with van der Waals surface area (Å²) in [5.74, 6) is -0.805. The predicted octanol–water partition coefficient (Wildman–Crippen LogP) is 3.58. The summed E-state index contributed by atoms with van der Waals surface area (Å²) in [6, 6.07) is 11.2. The molecule has 0 radical (unpaired) electrons. The largest absolute Gasteiger partial charge is 0.504 e. The number of aromatic hydroxyl groups is 2. The van der Waals surface area contributed by atoms with E-state index < -0.39 is 0 Å². The van der Waals surface area contributed by atoms with Crippen LogP contribution in [-0.2, 0) is 0 Å². The molecule has 0 aliphatic rings. The monoisotopic (exact) mass is 305 g/mol. The number of carbonyl (C=O) groups excluding carboxylic acids is 1. The van der Waals surface area contributed by atoms with Crippen molar-refractivity contribution in [3.63, 3.8) is 0 Å². The Morgan fingerprint density at radius 3 is 2.29 bits per heavy atom. The molecule has 1 unspecified atom stereocenters. The van der Waals surface area contributed by atoms with E-state index in [1.165, 1.54) is 18.2 Å². The molecule has 110 valence electrons. The molecule has 2 aromatic carbocycles. The van der Waals surface area contributed by atoms with Gasteiger partial charge in [0, 0.05) is 17.6 Å². The van der Waals surface area contributed by atoms with Gasteiger partial charge in [0.05, 0.1) is 6.04 Å². The molecule has 0 bridgehead atoms. The lowest BCUT2D eigenvalue weighted by molar-refractivity contribution is 0.0742. The SMILES string of the molecule is CC(c1ccc(Cl)cc1)N(C)C(=O)c1ccc(O)c(O)c1. The number of hydrogen-bond acceptors (Lipinski definition) is 3. The van der Waals surface area contributed by atoms with Crippen molar-refractivity contribution in [2.45, 2.75) is 13.0 Å². The third-order valence-corrected chi connectivity index (χ3v) is 3.73. The topological polar surface area (TPSA) is 60.8 Å². The van der Waals surface area contributed by atoms with Gasteiger partial charge in [-0.3, -0.25) is 4.79 Å². The molecule has 5 heteroatoms. The van der Waals surface area contributed by atoms with E-state index in [-0.39, 0.29) is 23.4 Å². The molecule has 1 atom stereocenters. The van der Waals surface area contributed by atoms with Crippen LogP contribution in [0.2, 0.25) is 5.02 Å². The van der Waals surface area contributed by atoms with Gasteiger partial charge in [0.1, 0.15) is 0 Å². The quantitative estimate of drug-likeness (QED) is 0.852. The Kier molecular flexibility index (Phi) is 4.38. The molecule has 2 aromatic rings. The van der Waals surface area contributed by atoms with E-state index in [1.54, 1.807) is 24.1 Å². The third kappa shape index (κ3) is 3.28. The van der Waals surface area contributed by atoms with Crippen LogP contribution < -0.4 is 0 Å². The summed E-state index contributed by atoms with van der Waals surface area (Å²) in [6.45, 7) is 1.90. The summed E-state index contributed by atoms with van der Waals surface area (Å²) in [7, 11) is 1.69. The number of rotatable bonds is 3. The molecule has 2 N–H and O–H groups in total. The Morgan fingerprint density at radius 2 is 1.71 bits per heavy atom. The van der Waals surface area contributed by atoms with Crippen molar-refractivity contribution < 1.29 is 15.0 Å². The lowest BCUT2D eigenvalue weighted by Gasteiger charge is -2.25. The maximum absolute atomic E-state index is 12.4. The number of hydrogen-bond donors (Lipinski definition) is 2. The minimum Gasteiger partial charge on any atom is -0.504 e. The minimum absolute atomic E-state index is 0.147. The molecule has 0 aliphatic heterocycles. The van der Waals surface area contributed by atoms with Crippen molar-refractivity contribution in [3.8, 4) is 11.5 Å². The molecule has 0 aromatic heterocycles. The smallest absolute Gasteiger partial charge is 0.254 e. The first-order valence-electron chi connectivity index (χ1n) is 6.44. The second-order valence-corrected chi connectivity index (χ2v) is 5.28. The van der Waals surface area contributed by atoms with E-state index in [0.717, 1.165) is 5.56 Å². The number of carbonyl (C=O) groups is 1. The van der Waals surface area contributed by atoms with E-state index in [1.807, 2.05) is 19.1 Å². The zero-order valence-corrected chi connectivity index (χ0v) is 12.5. The van der Waals surface area contributed by atoms with Gasteiger partial charge >= 0.3 is 0 Å². The minimum atomic E-state index is -0.312. The molecule has 0 heterocycles. The van der Waals surface area contributed by atoms with Gasteiger partial charge in [-0.2, -0.15) is 0 Å². The standard InChI is InChI=1S/C16H16ClNO3/c1-10(11-3-6-13(17)7-4-11)18(2)16(21)12-5-8-14(19)15(20)9-12/h3-10,19-20H,1-2H3. The summed E-state index contributed by atoms with van der Waals surface area (Å²) in [6.07, 6.45) is 0. The van der Waals surface area contributed by atoms with Crippen molar-refractivity contribution in [2.75, 3.05) is 7.05 Å². The van der Waals surface area contributed by atoms with Crippen molar-refractivity contribution >= 4 is 17.5 Å².